The maximum atomic E-state index is 13.9. The maximum absolute atomic E-state index is 13.9. The Morgan fingerprint density at radius 1 is 1.02 bits per heavy atom. The Hall–Kier alpha value is -3.71. The summed E-state index contributed by atoms with van der Waals surface area (Å²) in [4.78, 5) is 32.1. The highest BCUT2D eigenvalue weighted by molar-refractivity contribution is 6.30. The number of likely N-dealkylation sites (tertiary alicyclic amines) is 1. The number of anilines is 2. The summed E-state index contributed by atoms with van der Waals surface area (Å²) in [5.74, 6) is 2.12. The molecule has 44 heavy (non-hydrogen) atoms. The average Bonchev–Trinajstić information content (AvgIpc) is 3.04. The van der Waals surface area contributed by atoms with Crippen LogP contribution in [-0.2, 0) is 16.0 Å². The number of rotatable bonds is 10. The molecule has 0 saturated carbocycles. The molecule has 0 radical (unpaired) electrons. The van der Waals surface area contributed by atoms with Crippen LogP contribution in [0.4, 0.5) is 11.4 Å². The highest BCUT2D eigenvalue weighted by Gasteiger charge is 2.36. The Labute approximate surface area is 266 Å². The minimum absolute atomic E-state index is 0.0181. The lowest BCUT2D eigenvalue weighted by Gasteiger charge is -2.38. The van der Waals surface area contributed by atoms with Crippen LogP contribution in [0.3, 0.4) is 0 Å². The van der Waals surface area contributed by atoms with Gasteiger partial charge in [-0.25, -0.2) is 0 Å². The van der Waals surface area contributed by atoms with Crippen molar-refractivity contribution in [2.45, 2.75) is 65.0 Å². The van der Waals surface area contributed by atoms with Crippen LogP contribution in [0.5, 0.6) is 11.5 Å². The zero-order valence-corrected chi connectivity index (χ0v) is 27.3. The van der Waals surface area contributed by atoms with Crippen molar-refractivity contribution in [3.8, 4) is 11.5 Å². The number of carbonyl (C=O) groups excluding carboxylic acids is 2. The molecule has 2 heterocycles. The first-order valence-corrected chi connectivity index (χ1v) is 16.1. The third kappa shape index (κ3) is 6.83. The average molecular weight is 618 g/mol. The van der Waals surface area contributed by atoms with Crippen LogP contribution in [0.2, 0.25) is 5.02 Å². The quantitative estimate of drug-likeness (QED) is 0.239. The Bertz CT molecular complexity index is 1450. The molecule has 234 valence electrons. The maximum Gasteiger partial charge on any atom is 0.232 e. The molecule has 0 aromatic heterocycles. The minimum atomic E-state index is -0.353. The van der Waals surface area contributed by atoms with Gasteiger partial charge in [-0.1, -0.05) is 37.6 Å². The number of halogens is 1. The zero-order valence-electron chi connectivity index (χ0n) is 26.5. The molecule has 1 saturated heterocycles. The highest BCUT2D eigenvalue weighted by Crippen LogP contribution is 2.44. The van der Waals surface area contributed by atoms with Gasteiger partial charge >= 0.3 is 0 Å². The zero-order chi connectivity index (χ0) is 31.4. The molecule has 1 fully saturated rings. The van der Waals surface area contributed by atoms with Crippen molar-refractivity contribution in [1.82, 2.24) is 4.90 Å². The van der Waals surface area contributed by atoms with Crippen molar-refractivity contribution in [2.75, 3.05) is 43.6 Å². The van der Waals surface area contributed by atoms with Gasteiger partial charge in [-0.15, -0.1) is 0 Å². The molecule has 8 heteroatoms. The van der Waals surface area contributed by atoms with E-state index in [2.05, 4.69) is 31.0 Å². The monoisotopic (exact) mass is 617 g/mol. The van der Waals surface area contributed by atoms with Crippen LogP contribution in [0.15, 0.2) is 60.7 Å². The van der Waals surface area contributed by atoms with Gasteiger partial charge < -0.3 is 24.2 Å². The number of hydrogen-bond donors (Lipinski definition) is 0. The van der Waals surface area contributed by atoms with Gasteiger partial charge in [0.2, 0.25) is 11.8 Å². The summed E-state index contributed by atoms with van der Waals surface area (Å²) < 4.78 is 12.0. The molecule has 5 rings (SSSR count). The number of carbonyl (C=O) groups is 2. The Morgan fingerprint density at radius 2 is 1.70 bits per heavy atom. The number of hydrogen-bond acceptors (Lipinski definition) is 5. The van der Waals surface area contributed by atoms with E-state index in [1.165, 1.54) is 0 Å². The summed E-state index contributed by atoms with van der Waals surface area (Å²) in [6.07, 6.45) is 3.76. The molecule has 2 aliphatic rings. The highest BCUT2D eigenvalue weighted by atomic mass is 35.5. The number of benzene rings is 3. The Kier molecular flexibility index (Phi) is 10.0. The van der Waals surface area contributed by atoms with E-state index in [0.717, 1.165) is 67.0 Å². The number of methoxy groups -OCH3 is 1. The molecule has 2 atom stereocenters. The van der Waals surface area contributed by atoms with Gasteiger partial charge in [-0.2, -0.15) is 0 Å². The standard InChI is InChI=1S/C36H44ClN3O4/c1-6-24(3)44-33-22-31-27(20-32(33)43-5)21-35(42)40(36(31)26-8-10-28(37)11-9-26)30-14-12-29(13-15-30)38(4)23-25-16-18-39(19-17-25)34(41)7-2/h8-15,20,22,24-25,36H,6-7,16-19,21,23H2,1-5H3/t24-,36?/m1/s1. The van der Waals surface area contributed by atoms with Crippen LogP contribution < -0.4 is 19.3 Å². The fourth-order valence-corrected chi connectivity index (χ4v) is 6.45. The number of amides is 2. The molecule has 3 aromatic rings. The van der Waals surface area contributed by atoms with Crippen molar-refractivity contribution < 1.29 is 19.1 Å². The van der Waals surface area contributed by atoms with E-state index in [1.807, 2.05) is 72.2 Å². The first-order valence-electron chi connectivity index (χ1n) is 15.8. The molecule has 2 aliphatic heterocycles. The Morgan fingerprint density at radius 3 is 2.32 bits per heavy atom. The van der Waals surface area contributed by atoms with E-state index in [0.29, 0.717) is 28.9 Å². The lowest BCUT2D eigenvalue weighted by atomic mass is 9.86. The van der Waals surface area contributed by atoms with Crippen LogP contribution in [0.25, 0.3) is 0 Å². The van der Waals surface area contributed by atoms with Gasteiger partial charge in [0.1, 0.15) is 0 Å². The predicted octanol–water partition coefficient (Wildman–Crippen LogP) is 7.29. The predicted molar refractivity (Wildman–Crippen MR) is 177 cm³/mol. The van der Waals surface area contributed by atoms with E-state index < -0.39 is 0 Å². The van der Waals surface area contributed by atoms with E-state index >= 15 is 0 Å². The van der Waals surface area contributed by atoms with Crippen molar-refractivity contribution in [2.24, 2.45) is 5.92 Å². The lowest BCUT2D eigenvalue weighted by Crippen LogP contribution is -2.41. The topological polar surface area (TPSA) is 62.3 Å². The van der Waals surface area contributed by atoms with Gasteiger partial charge in [0.15, 0.2) is 11.5 Å². The molecule has 0 bridgehead atoms. The molecule has 3 aromatic carbocycles. The number of fused-ring (bicyclic) bond motifs is 1. The smallest absolute Gasteiger partial charge is 0.232 e. The molecular weight excluding hydrogens is 574 g/mol. The second-order valence-corrected chi connectivity index (χ2v) is 12.4. The first-order chi connectivity index (χ1) is 21.2. The van der Waals surface area contributed by atoms with Crippen LogP contribution in [-0.4, -0.2) is 56.6 Å². The largest absolute Gasteiger partial charge is 0.493 e. The summed E-state index contributed by atoms with van der Waals surface area (Å²) in [7, 11) is 3.75. The second-order valence-electron chi connectivity index (χ2n) is 12.0. The third-order valence-corrected chi connectivity index (χ3v) is 9.30. The molecule has 0 spiro atoms. The van der Waals surface area contributed by atoms with Crippen molar-refractivity contribution in [3.63, 3.8) is 0 Å². The van der Waals surface area contributed by atoms with E-state index in [4.69, 9.17) is 21.1 Å². The summed E-state index contributed by atoms with van der Waals surface area (Å²) in [6.45, 7) is 8.66. The van der Waals surface area contributed by atoms with Crippen molar-refractivity contribution in [1.29, 1.82) is 0 Å². The molecule has 0 N–H and O–H groups in total. The summed E-state index contributed by atoms with van der Waals surface area (Å²) in [5, 5.41) is 0.646. The van der Waals surface area contributed by atoms with E-state index in [9.17, 15) is 9.59 Å². The SMILES string of the molecule is CCC(=O)N1CCC(CN(C)c2ccc(N3C(=O)Cc4cc(OC)c(O[C@H](C)CC)cc4C3c3ccc(Cl)cc3)cc2)CC1. The first kappa shape index (κ1) is 31.7. The Balaban J connectivity index is 1.42. The summed E-state index contributed by atoms with van der Waals surface area (Å²) in [5.41, 5.74) is 4.85. The van der Waals surface area contributed by atoms with Crippen molar-refractivity contribution in [3.05, 3.63) is 82.4 Å². The molecule has 0 aliphatic carbocycles. The van der Waals surface area contributed by atoms with Gasteiger partial charge in [0, 0.05) is 49.5 Å². The summed E-state index contributed by atoms with van der Waals surface area (Å²) in [6, 6.07) is 19.6. The molecule has 2 amide bonds. The van der Waals surface area contributed by atoms with Crippen LogP contribution >= 0.6 is 11.6 Å². The number of ether oxygens (including phenoxy) is 2. The fourth-order valence-electron chi connectivity index (χ4n) is 6.32. The molecule has 1 unspecified atom stereocenters. The third-order valence-electron chi connectivity index (χ3n) is 9.05. The van der Waals surface area contributed by atoms with Crippen LogP contribution in [0.1, 0.15) is 69.2 Å². The second kappa shape index (κ2) is 13.9. The van der Waals surface area contributed by atoms with Gasteiger partial charge in [-0.3, -0.25) is 9.59 Å². The van der Waals surface area contributed by atoms with Crippen LogP contribution in [0, 0.1) is 5.92 Å². The van der Waals surface area contributed by atoms with Crippen molar-refractivity contribution >= 4 is 34.8 Å². The number of nitrogens with zero attached hydrogens (tertiary/aromatic N) is 3. The molecule has 7 nitrogen and oxygen atoms in total. The van der Waals surface area contributed by atoms with Gasteiger partial charge in [0.05, 0.1) is 25.7 Å². The van der Waals surface area contributed by atoms with Gasteiger partial charge in [-0.05, 0) is 97.3 Å². The normalized spacial score (nSPS) is 17.7. The fraction of sp³-hybridized carbons (Fsp3) is 0.444. The van der Waals surface area contributed by atoms with Gasteiger partial charge in [0.25, 0.3) is 0 Å². The lowest BCUT2D eigenvalue weighted by molar-refractivity contribution is -0.132. The van der Waals surface area contributed by atoms with E-state index in [-0.39, 0.29) is 30.4 Å². The van der Waals surface area contributed by atoms with E-state index in [1.54, 1.807) is 7.11 Å². The minimum Gasteiger partial charge on any atom is -0.493 e. The molecular formula is C36H44ClN3O4. The number of piperidine rings is 1. The summed E-state index contributed by atoms with van der Waals surface area (Å²) >= 11 is 6.28.